The summed E-state index contributed by atoms with van der Waals surface area (Å²) in [5.41, 5.74) is 5.10. The van der Waals surface area contributed by atoms with E-state index in [2.05, 4.69) is 0 Å². The molecule has 0 saturated carbocycles. The smallest absolute Gasteiger partial charge is 0.337 e. The van der Waals surface area contributed by atoms with E-state index >= 15 is 0 Å². The molecule has 96 valence electrons. The molecule has 2 aromatic carbocycles. The highest BCUT2D eigenvalue weighted by Crippen LogP contribution is 2.45. The Morgan fingerprint density at radius 1 is 1.21 bits per heavy atom. The Labute approximate surface area is 111 Å². The molecule has 0 bridgehead atoms. The van der Waals surface area contributed by atoms with Crippen molar-refractivity contribution in [3.8, 4) is 11.1 Å². The number of aliphatic hydroxyl groups excluding tert-OH is 1. The van der Waals surface area contributed by atoms with Gasteiger partial charge in [0.2, 0.25) is 0 Å². The zero-order valence-electron chi connectivity index (χ0n) is 10.8. The van der Waals surface area contributed by atoms with E-state index in [1.54, 1.807) is 12.1 Å². The van der Waals surface area contributed by atoms with Crippen molar-refractivity contribution in [2.75, 3.05) is 7.11 Å². The first-order valence-electron chi connectivity index (χ1n) is 6.13. The maximum atomic E-state index is 11.7. The average Bonchev–Trinajstić information content (AvgIpc) is 2.72. The number of fused-ring (bicyclic) bond motifs is 3. The Kier molecular flexibility index (Phi) is 2.64. The van der Waals surface area contributed by atoms with Crippen LogP contribution in [0.1, 0.15) is 33.2 Å². The molecule has 3 rings (SSSR count). The summed E-state index contributed by atoms with van der Waals surface area (Å²) in [5.74, 6) is -0.357. The molecule has 1 unspecified atom stereocenters. The molecular formula is C16H14O3. The van der Waals surface area contributed by atoms with Gasteiger partial charge < -0.3 is 9.84 Å². The van der Waals surface area contributed by atoms with Gasteiger partial charge in [-0.3, -0.25) is 0 Å². The minimum Gasteiger partial charge on any atom is -0.465 e. The molecule has 0 fully saturated rings. The molecule has 0 spiro atoms. The van der Waals surface area contributed by atoms with Crippen LogP contribution in [0.4, 0.5) is 0 Å². The van der Waals surface area contributed by atoms with E-state index in [4.69, 9.17) is 4.74 Å². The van der Waals surface area contributed by atoms with Crippen LogP contribution in [-0.4, -0.2) is 18.2 Å². The van der Waals surface area contributed by atoms with Crippen LogP contribution in [0.15, 0.2) is 36.4 Å². The fourth-order valence-electron chi connectivity index (χ4n) is 2.76. The van der Waals surface area contributed by atoms with Gasteiger partial charge in [-0.25, -0.2) is 4.79 Å². The van der Waals surface area contributed by atoms with Crippen molar-refractivity contribution < 1.29 is 14.6 Å². The number of aryl methyl sites for hydroxylation is 1. The summed E-state index contributed by atoms with van der Waals surface area (Å²) >= 11 is 0. The third kappa shape index (κ3) is 1.66. The number of carbonyl (C=O) groups is 1. The Morgan fingerprint density at radius 3 is 2.68 bits per heavy atom. The van der Waals surface area contributed by atoms with Crippen LogP contribution in [0.25, 0.3) is 11.1 Å². The molecule has 3 nitrogen and oxygen atoms in total. The summed E-state index contributed by atoms with van der Waals surface area (Å²) in [5, 5.41) is 10.4. The van der Waals surface area contributed by atoms with Crippen molar-refractivity contribution in [3.63, 3.8) is 0 Å². The van der Waals surface area contributed by atoms with E-state index in [1.807, 2.05) is 31.2 Å². The standard InChI is InChI=1S/C16H14O3/c1-9-7-10(16(18)19-2)8-13-11-5-3-4-6-12(11)15(17)14(9)13/h3-8,15,17H,1-2H3. The van der Waals surface area contributed by atoms with Crippen LogP contribution in [0.2, 0.25) is 0 Å². The van der Waals surface area contributed by atoms with Gasteiger partial charge in [-0.2, -0.15) is 0 Å². The highest BCUT2D eigenvalue weighted by atomic mass is 16.5. The Morgan fingerprint density at radius 2 is 1.95 bits per heavy atom. The van der Waals surface area contributed by atoms with Gasteiger partial charge in [0.15, 0.2) is 0 Å². The van der Waals surface area contributed by atoms with Crippen LogP contribution < -0.4 is 0 Å². The van der Waals surface area contributed by atoms with Crippen molar-refractivity contribution in [3.05, 3.63) is 58.7 Å². The second kappa shape index (κ2) is 4.21. The first kappa shape index (κ1) is 11.9. The molecule has 0 aliphatic heterocycles. The van der Waals surface area contributed by atoms with Gasteiger partial charge in [0.25, 0.3) is 0 Å². The van der Waals surface area contributed by atoms with Crippen molar-refractivity contribution in [1.82, 2.24) is 0 Å². The van der Waals surface area contributed by atoms with Gasteiger partial charge in [0.05, 0.1) is 12.7 Å². The molecule has 2 aromatic rings. The molecule has 3 heteroatoms. The lowest BCUT2D eigenvalue weighted by Gasteiger charge is -2.10. The molecule has 0 radical (unpaired) electrons. The molecule has 0 saturated heterocycles. The van der Waals surface area contributed by atoms with Crippen LogP contribution >= 0.6 is 0 Å². The van der Waals surface area contributed by atoms with Crippen molar-refractivity contribution in [2.45, 2.75) is 13.0 Å². The monoisotopic (exact) mass is 254 g/mol. The number of methoxy groups -OCH3 is 1. The normalized spacial score (nSPS) is 15.8. The Bertz CT molecular complexity index is 674. The van der Waals surface area contributed by atoms with Gasteiger partial charge in [0, 0.05) is 0 Å². The SMILES string of the molecule is COC(=O)c1cc(C)c2c(c1)-c1ccccc1C2O. The molecule has 0 amide bonds. The fraction of sp³-hybridized carbons (Fsp3) is 0.188. The molecule has 1 N–H and O–H groups in total. The second-order valence-corrected chi connectivity index (χ2v) is 4.74. The summed E-state index contributed by atoms with van der Waals surface area (Å²) in [6, 6.07) is 11.3. The average molecular weight is 254 g/mol. The van der Waals surface area contributed by atoms with E-state index in [-0.39, 0.29) is 5.97 Å². The maximum Gasteiger partial charge on any atom is 0.337 e. The zero-order valence-corrected chi connectivity index (χ0v) is 10.8. The van der Waals surface area contributed by atoms with E-state index in [9.17, 15) is 9.90 Å². The van der Waals surface area contributed by atoms with Crippen molar-refractivity contribution in [2.24, 2.45) is 0 Å². The number of benzene rings is 2. The predicted molar refractivity (Wildman–Crippen MR) is 72.0 cm³/mol. The predicted octanol–water partition coefficient (Wildman–Crippen LogP) is 2.84. The highest BCUT2D eigenvalue weighted by molar-refractivity contribution is 5.93. The fourth-order valence-corrected chi connectivity index (χ4v) is 2.76. The lowest BCUT2D eigenvalue weighted by atomic mass is 9.98. The number of hydrogen-bond donors (Lipinski definition) is 1. The molecule has 0 aromatic heterocycles. The van der Waals surface area contributed by atoms with Gasteiger partial charge in [-0.15, -0.1) is 0 Å². The summed E-state index contributed by atoms with van der Waals surface area (Å²) in [6.07, 6.45) is -0.613. The molecule has 19 heavy (non-hydrogen) atoms. The van der Waals surface area contributed by atoms with Gasteiger partial charge >= 0.3 is 5.97 Å². The van der Waals surface area contributed by atoms with Crippen LogP contribution in [-0.2, 0) is 4.74 Å². The minimum atomic E-state index is -0.613. The molecule has 1 atom stereocenters. The highest BCUT2D eigenvalue weighted by Gasteiger charge is 2.29. The van der Waals surface area contributed by atoms with Gasteiger partial charge in [-0.05, 0) is 46.9 Å². The number of aliphatic hydroxyl groups is 1. The van der Waals surface area contributed by atoms with Crippen molar-refractivity contribution >= 4 is 5.97 Å². The second-order valence-electron chi connectivity index (χ2n) is 4.74. The van der Waals surface area contributed by atoms with E-state index in [1.165, 1.54) is 7.11 Å². The number of rotatable bonds is 1. The Hall–Kier alpha value is -2.13. The zero-order chi connectivity index (χ0) is 13.6. The summed E-state index contributed by atoms with van der Waals surface area (Å²) in [7, 11) is 1.37. The summed E-state index contributed by atoms with van der Waals surface area (Å²) in [6.45, 7) is 1.90. The van der Waals surface area contributed by atoms with Crippen LogP contribution in [0.3, 0.4) is 0 Å². The third-order valence-electron chi connectivity index (χ3n) is 3.63. The quantitative estimate of drug-likeness (QED) is 0.796. The summed E-state index contributed by atoms with van der Waals surface area (Å²) < 4.78 is 4.76. The van der Waals surface area contributed by atoms with Crippen molar-refractivity contribution in [1.29, 1.82) is 0 Å². The lowest BCUT2D eigenvalue weighted by Crippen LogP contribution is -2.04. The first-order valence-corrected chi connectivity index (χ1v) is 6.13. The largest absolute Gasteiger partial charge is 0.465 e. The Balaban J connectivity index is 2.27. The van der Waals surface area contributed by atoms with Gasteiger partial charge in [0.1, 0.15) is 6.10 Å². The third-order valence-corrected chi connectivity index (χ3v) is 3.63. The minimum absolute atomic E-state index is 0.357. The molecule has 1 aliphatic rings. The van der Waals surface area contributed by atoms with Gasteiger partial charge in [-0.1, -0.05) is 24.3 Å². The van der Waals surface area contributed by atoms with Crippen LogP contribution in [0, 0.1) is 6.92 Å². The number of ether oxygens (including phenoxy) is 1. The first-order chi connectivity index (χ1) is 9.13. The van der Waals surface area contributed by atoms with E-state index < -0.39 is 6.10 Å². The van der Waals surface area contributed by atoms with Crippen LogP contribution in [0.5, 0.6) is 0 Å². The number of carbonyl (C=O) groups excluding carboxylic acids is 1. The molecule has 0 heterocycles. The number of esters is 1. The molecule has 1 aliphatic carbocycles. The maximum absolute atomic E-state index is 11.7. The molecular weight excluding hydrogens is 240 g/mol. The lowest BCUT2D eigenvalue weighted by molar-refractivity contribution is 0.0600. The van der Waals surface area contributed by atoms with E-state index in [0.29, 0.717) is 5.56 Å². The number of hydrogen-bond acceptors (Lipinski definition) is 3. The summed E-state index contributed by atoms with van der Waals surface area (Å²) in [4.78, 5) is 11.7. The topological polar surface area (TPSA) is 46.5 Å². The van der Waals surface area contributed by atoms with E-state index in [0.717, 1.165) is 27.8 Å².